The molecule has 0 spiro atoms. The van der Waals surface area contributed by atoms with Crippen LogP contribution in [0.4, 0.5) is 0 Å². The van der Waals surface area contributed by atoms with Crippen LogP contribution in [0.3, 0.4) is 0 Å². The van der Waals surface area contributed by atoms with Gasteiger partial charge in [-0.3, -0.25) is 9.78 Å². The van der Waals surface area contributed by atoms with Crippen molar-refractivity contribution < 1.29 is 19.8 Å². The summed E-state index contributed by atoms with van der Waals surface area (Å²) in [5.74, 6) is -1.54. The second kappa shape index (κ2) is 5.33. The number of likely N-dealkylation sites (tertiary alicyclic amines) is 1. The normalized spacial score (nSPS) is 22.5. The van der Waals surface area contributed by atoms with Crippen molar-refractivity contribution in [1.29, 1.82) is 0 Å². The SMILES string of the molecule is NCc1cc(C(=O)N2C[C@H](O)C[C@@H]2C(=O)O)ccn1. The first-order chi connectivity index (χ1) is 9.02. The highest BCUT2D eigenvalue weighted by Crippen LogP contribution is 2.21. The van der Waals surface area contributed by atoms with Crippen LogP contribution in [0.5, 0.6) is 0 Å². The second-order valence-electron chi connectivity index (χ2n) is 4.44. The highest BCUT2D eigenvalue weighted by molar-refractivity contribution is 5.97. The Balaban J connectivity index is 2.24. The molecule has 1 saturated heterocycles. The Morgan fingerprint density at radius 2 is 2.26 bits per heavy atom. The largest absolute Gasteiger partial charge is 0.480 e. The number of rotatable bonds is 3. The van der Waals surface area contributed by atoms with Gasteiger partial charge in [0.1, 0.15) is 6.04 Å². The molecular formula is C12H15N3O4. The van der Waals surface area contributed by atoms with Gasteiger partial charge >= 0.3 is 5.97 Å². The van der Waals surface area contributed by atoms with Gasteiger partial charge in [-0.1, -0.05) is 0 Å². The molecule has 0 radical (unpaired) electrons. The topological polar surface area (TPSA) is 117 Å². The van der Waals surface area contributed by atoms with Crippen molar-refractivity contribution in [3.63, 3.8) is 0 Å². The Kier molecular flexibility index (Phi) is 3.77. The van der Waals surface area contributed by atoms with Gasteiger partial charge < -0.3 is 20.8 Å². The summed E-state index contributed by atoms with van der Waals surface area (Å²) in [5.41, 5.74) is 6.33. The zero-order chi connectivity index (χ0) is 14.0. The molecule has 1 aliphatic rings. The van der Waals surface area contributed by atoms with E-state index in [0.29, 0.717) is 11.3 Å². The van der Waals surface area contributed by atoms with Crippen LogP contribution in [0.1, 0.15) is 22.5 Å². The first kappa shape index (κ1) is 13.4. The summed E-state index contributed by atoms with van der Waals surface area (Å²) in [5, 5.41) is 18.6. The monoisotopic (exact) mass is 265 g/mol. The molecule has 102 valence electrons. The van der Waals surface area contributed by atoms with Crippen LogP contribution < -0.4 is 5.73 Å². The summed E-state index contributed by atoms with van der Waals surface area (Å²) in [6, 6.07) is 2.05. The quantitative estimate of drug-likeness (QED) is 0.658. The molecule has 7 nitrogen and oxygen atoms in total. The Morgan fingerprint density at radius 1 is 1.53 bits per heavy atom. The summed E-state index contributed by atoms with van der Waals surface area (Å²) in [4.78, 5) is 28.5. The van der Waals surface area contributed by atoms with Gasteiger partial charge in [-0.05, 0) is 12.1 Å². The van der Waals surface area contributed by atoms with Gasteiger partial charge in [0, 0.05) is 31.3 Å². The average molecular weight is 265 g/mol. The van der Waals surface area contributed by atoms with E-state index in [9.17, 15) is 14.7 Å². The standard InChI is InChI=1S/C12H15N3O4/c13-5-8-3-7(1-2-14-8)11(17)15-6-9(16)4-10(15)12(18)19/h1-3,9-10,16H,4-6,13H2,(H,18,19)/t9-,10-/m1/s1. The van der Waals surface area contributed by atoms with Crippen LogP contribution in [-0.2, 0) is 11.3 Å². The molecule has 4 N–H and O–H groups in total. The number of pyridine rings is 1. The minimum absolute atomic E-state index is 0.0239. The molecule has 0 aromatic carbocycles. The zero-order valence-electron chi connectivity index (χ0n) is 10.2. The molecule has 1 aromatic rings. The molecule has 0 saturated carbocycles. The van der Waals surface area contributed by atoms with E-state index in [2.05, 4.69) is 4.98 Å². The number of nitrogens with two attached hydrogens (primary N) is 1. The van der Waals surface area contributed by atoms with Crippen LogP contribution in [0.2, 0.25) is 0 Å². The van der Waals surface area contributed by atoms with Crippen LogP contribution in [0.25, 0.3) is 0 Å². The number of carboxylic acid groups (broad SMARTS) is 1. The lowest BCUT2D eigenvalue weighted by molar-refractivity contribution is -0.141. The highest BCUT2D eigenvalue weighted by Gasteiger charge is 2.39. The van der Waals surface area contributed by atoms with Crippen molar-refractivity contribution >= 4 is 11.9 Å². The van der Waals surface area contributed by atoms with Crippen molar-refractivity contribution in [3.8, 4) is 0 Å². The number of nitrogens with zero attached hydrogens (tertiary/aromatic N) is 2. The van der Waals surface area contributed by atoms with Gasteiger partial charge in [0.15, 0.2) is 0 Å². The summed E-state index contributed by atoms with van der Waals surface area (Å²) < 4.78 is 0. The Hall–Kier alpha value is -1.99. The van der Waals surface area contributed by atoms with E-state index < -0.39 is 24.0 Å². The van der Waals surface area contributed by atoms with E-state index in [-0.39, 0.29) is 19.5 Å². The van der Waals surface area contributed by atoms with Gasteiger partial charge in [-0.25, -0.2) is 4.79 Å². The number of carbonyl (C=O) groups excluding carboxylic acids is 1. The summed E-state index contributed by atoms with van der Waals surface area (Å²) in [7, 11) is 0. The number of aromatic nitrogens is 1. The Bertz CT molecular complexity index is 506. The third-order valence-electron chi connectivity index (χ3n) is 3.10. The van der Waals surface area contributed by atoms with Crippen molar-refractivity contribution in [3.05, 3.63) is 29.6 Å². The molecule has 7 heteroatoms. The molecule has 2 atom stereocenters. The van der Waals surface area contributed by atoms with E-state index in [1.165, 1.54) is 23.2 Å². The van der Waals surface area contributed by atoms with Crippen molar-refractivity contribution in [1.82, 2.24) is 9.88 Å². The number of amides is 1. The number of aliphatic carboxylic acids is 1. The van der Waals surface area contributed by atoms with Crippen LogP contribution in [-0.4, -0.2) is 50.7 Å². The van der Waals surface area contributed by atoms with E-state index in [1.54, 1.807) is 0 Å². The predicted octanol–water partition coefficient (Wildman–Crippen LogP) is -0.800. The lowest BCUT2D eigenvalue weighted by atomic mass is 10.1. The highest BCUT2D eigenvalue weighted by atomic mass is 16.4. The lowest BCUT2D eigenvalue weighted by Crippen LogP contribution is -2.40. The number of hydrogen-bond acceptors (Lipinski definition) is 5. The predicted molar refractivity (Wildman–Crippen MR) is 65.2 cm³/mol. The maximum atomic E-state index is 12.3. The third kappa shape index (κ3) is 2.72. The first-order valence-electron chi connectivity index (χ1n) is 5.89. The molecule has 1 fully saturated rings. The molecular weight excluding hydrogens is 250 g/mol. The van der Waals surface area contributed by atoms with Crippen LogP contribution in [0, 0.1) is 0 Å². The van der Waals surface area contributed by atoms with E-state index in [0.717, 1.165) is 0 Å². The molecule has 0 unspecified atom stereocenters. The fourth-order valence-electron chi connectivity index (χ4n) is 2.16. The third-order valence-corrected chi connectivity index (χ3v) is 3.10. The fraction of sp³-hybridized carbons (Fsp3) is 0.417. The lowest BCUT2D eigenvalue weighted by Gasteiger charge is -2.21. The number of carboxylic acids is 1. The zero-order valence-corrected chi connectivity index (χ0v) is 10.2. The summed E-state index contributed by atoms with van der Waals surface area (Å²) >= 11 is 0. The van der Waals surface area contributed by atoms with Crippen molar-refractivity contribution in [2.45, 2.75) is 25.1 Å². The van der Waals surface area contributed by atoms with Gasteiger partial charge in [-0.2, -0.15) is 0 Å². The van der Waals surface area contributed by atoms with E-state index in [4.69, 9.17) is 10.8 Å². The molecule has 2 heterocycles. The number of aliphatic hydroxyl groups excluding tert-OH is 1. The van der Waals surface area contributed by atoms with Crippen molar-refractivity contribution in [2.75, 3.05) is 6.54 Å². The van der Waals surface area contributed by atoms with Crippen LogP contribution >= 0.6 is 0 Å². The molecule has 1 aromatic heterocycles. The number of aliphatic hydroxyl groups is 1. The number of carbonyl (C=O) groups is 2. The molecule has 0 bridgehead atoms. The Morgan fingerprint density at radius 3 is 2.89 bits per heavy atom. The molecule has 2 rings (SSSR count). The van der Waals surface area contributed by atoms with Gasteiger partial charge in [0.2, 0.25) is 0 Å². The fourth-order valence-corrected chi connectivity index (χ4v) is 2.16. The second-order valence-corrected chi connectivity index (χ2v) is 4.44. The molecule has 1 aliphatic heterocycles. The smallest absolute Gasteiger partial charge is 0.326 e. The molecule has 1 amide bonds. The van der Waals surface area contributed by atoms with Crippen LogP contribution in [0.15, 0.2) is 18.3 Å². The van der Waals surface area contributed by atoms with Gasteiger partial charge in [0.25, 0.3) is 5.91 Å². The van der Waals surface area contributed by atoms with Gasteiger partial charge in [-0.15, -0.1) is 0 Å². The van der Waals surface area contributed by atoms with E-state index in [1.807, 2.05) is 0 Å². The van der Waals surface area contributed by atoms with Gasteiger partial charge in [0.05, 0.1) is 11.8 Å². The first-order valence-corrected chi connectivity index (χ1v) is 5.89. The Labute approximate surface area is 109 Å². The molecule has 19 heavy (non-hydrogen) atoms. The minimum Gasteiger partial charge on any atom is -0.480 e. The summed E-state index contributed by atoms with van der Waals surface area (Å²) in [6.45, 7) is 0.224. The number of hydrogen-bond donors (Lipinski definition) is 3. The average Bonchev–Trinajstić information content (AvgIpc) is 2.80. The number of β-amino-alcohol motifs (C(OH)–C–C–N with tert-alkyl or cyclic N) is 1. The minimum atomic E-state index is -1.11. The molecule has 0 aliphatic carbocycles. The van der Waals surface area contributed by atoms with E-state index >= 15 is 0 Å². The van der Waals surface area contributed by atoms with Crippen molar-refractivity contribution in [2.24, 2.45) is 5.73 Å². The maximum absolute atomic E-state index is 12.3. The maximum Gasteiger partial charge on any atom is 0.326 e. The summed E-state index contributed by atoms with van der Waals surface area (Å²) in [6.07, 6.45) is 0.703.